The molecule has 2 rings (SSSR count). The first-order chi connectivity index (χ1) is 10.6. The summed E-state index contributed by atoms with van der Waals surface area (Å²) in [6, 6.07) is 15.5. The zero-order chi connectivity index (χ0) is 16.4. The molecule has 0 amide bonds. The van der Waals surface area contributed by atoms with Gasteiger partial charge < -0.3 is 5.11 Å². The monoisotopic (exact) mass is 371 g/mol. The molecule has 5 heteroatoms. The second-order valence-corrected chi connectivity index (χ2v) is 7.70. The molecule has 0 bridgehead atoms. The van der Waals surface area contributed by atoms with Gasteiger partial charge in [0.1, 0.15) is 5.75 Å². The zero-order valence-corrected chi connectivity index (χ0v) is 15.7. The zero-order valence-electron chi connectivity index (χ0n) is 12.6. The second kappa shape index (κ2) is 10.9. The molecule has 0 radical (unpaired) electrons. The molecule has 0 aliphatic carbocycles. The first kappa shape index (κ1) is 19.3. The minimum absolute atomic E-state index is 0.343. The van der Waals surface area contributed by atoms with E-state index < -0.39 is 17.0 Å². The van der Waals surface area contributed by atoms with Crippen LogP contribution in [-0.4, -0.2) is 11.3 Å². The van der Waals surface area contributed by atoms with Gasteiger partial charge in [-0.2, -0.15) is 0 Å². The molecule has 1 N–H and O–H groups in total. The Labute approximate surface area is 148 Å². The van der Waals surface area contributed by atoms with Crippen molar-refractivity contribution in [2.24, 2.45) is 10.9 Å². The Morgan fingerprint density at radius 1 is 1.09 bits per heavy atom. The van der Waals surface area contributed by atoms with Crippen molar-refractivity contribution in [3.63, 3.8) is 0 Å². The summed E-state index contributed by atoms with van der Waals surface area (Å²) in [7, 11) is 9.78. The van der Waals surface area contributed by atoms with Gasteiger partial charge in [-0.05, 0) is 36.1 Å². The molecular weight excluding hydrogens is 353 g/mol. The van der Waals surface area contributed by atoms with Crippen LogP contribution in [0.3, 0.4) is 0 Å². The summed E-state index contributed by atoms with van der Waals surface area (Å²) in [4.78, 5) is 4.37. The van der Waals surface area contributed by atoms with E-state index in [0.29, 0.717) is 11.7 Å². The topological polar surface area (TPSA) is 32.6 Å². The number of hydrogen-bond donors (Lipinski definition) is 1. The second-order valence-electron chi connectivity index (χ2n) is 5.12. The summed E-state index contributed by atoms with van der Waals surface area (Å²) in [6.07, 6.45) is 2.59. The summed E-state index contributed by atoms with van der Waals surface area (Å²) in [5, 5.41) is 10.2. The van der Waals surface area contributed by atoms with Crippen LogP contribution >= 0.6 is 18.6 Å². The molecule has 2 aromatic carbocycles. The van der Waals surface area contributed by atoms with Gasteiger partial charge in [-0.1, -0.05) is 44.2 Å². The fourth-order valence-electron chi connectivity index (χ4n) is 1.98. The van der Waals surface area contributed by atoms with Gasteiger partial charge in [-0.15, -0.1) is 0 Å². The van der Waals surface area contributed by atoms with Gasteiger partial charge in [0, 0.05) is 11.8 Å². The summed E-state index contributed by atoms with van der Waals surface area (Å²) >= 11 is -0.556. The van der Waals surface area contributed by atoms with Gasteiger partial charge in [-0.25, -0.2) is 0 Å². The van der Waals surface area contributed by atoms with Crippen LogP contribution in [-0.2, 0) is 23.5 Å². The fraction of sp³-hybridized carbons (Fsp3) is 0.235. The maximum absolute atomic E-state index is 10.2. The summed E-state index contributed by atoms with van der Waals surface area (Å²) < 4.78 is 0. The third-order valence-electron chi connectivity index (χ3n) is 2.89. The molecule has 0 saturated heterocycles. The maximum atomic E-state index is 10.2. The Balaban J connectivity index is 0.000000745. The van der Waals surface area contributed by atoms with Gasteiger partial charge in [-0.3, -0.25) is 4.99 Å². The summed E-state index contributed by atoms with van der Waals surface area (Å²) in [5.74, 6) is 0.864. The normalized spacial score (nSPS) is 10.4. The van der Waals surface area contributed by atoms with E-state index in [2.05, 4.69) is 18.8 Å². The number of aromatic hydroxyl groups is 1. The average Bonchev–Trinajstić information content (AvgIpc) is 2.50. The first-order valence-electron chi connectivity index (χ1n) is 6.94. The van der Waals surface area contributed by atoms with Crippen molar-refractivity contribution >= 4 is 30.5 Å². The molecule has 0 saturated carbocycles. The van der Waals surface area contributed by atoms with E-state index >= 15 is 0 Å². The van der Waals surface area contributed by atoms with Crippen LogP contribution in [0, 0.1) is 5.92 Å². The van der Waals surface area contributed by atoms with Crippen LogP contribution in [0.4, 0.5) is 5.69 Å². The van der Waals surface area contributed by atoms with Crippen molar-refractivity contribution in [2.75, 3.05) is 0 Å². The number of nitrogens with zero attached hydrogens (tertiary/aromatic N) is 1. The number of benzene rings is 2. The molecule has 0 spiro atoms. The van der Waals surface area contributed by atoms with Crippen LogP contribution in [0.1, 0.15) is 25.0 Å². The van der Waals surface area contributed by atoms with Gasteiger partial charge in [0.15, 0.2) is 0 Å². The van der Waals surface area contributed by atoms with E-state index in [1.54, 1.807) is 6.21 Å². The molecule has 0 aliphatic rings. The van der Waals surface area contributed by atoms with Gasteiger partial charge in [0.2, 0.25) is 0 Å². The Morgan fingerprint density at radius 2 is 1.73 bits per heavy atom. The van der Waals surface area contributed by atoms with Gasteiger partial charge in [0.05, 0.1) is 5.69 Å². The molecule has 0 aliphatic heterocycles. The Morgan fingerprint density at radius 3 is 2.32 bits per heavy atom. The minimum atomic E-state index is -0.556. The van der Waals surface area contributed by atoms with E-state index in [1.165, 1.54) is 0 Å². The van der Waals surface area contributed by atoms with Crippen LogP contribution in [0.5, 0.6) is 5.75 Å². The van der Waals surface area contributed by atoms with E-state index in [-0.39, 0.29) is 0 Å². The molecule has 0 unspecified atom stereocenters. The number of rotatable bonds is 4. The quantitative estimate of drug-likeness (QED) is 0.541. The van der Waals surface area contributed by atoms with E-state index in [0.717, 1.165) is 23.2 Å². The molecule has 0 atom stereocenters. The number of phenols is 1. The fourth-order valence-corrected chi connectivity index (χ4v) is 1.98. The Hall–Kier alpha value is -0.796. The SMILES string of the molecule is CC(C)Cc1cccc(C=Nc2ccccc2)c1O.[Cl][Ti][Cl]. The number of para-hydroxylation sites is 2. The molecule has 2 aromatic rings. The molecule has 22 heavy (non-hydrogen) atoms. The standard InChI is InChI=1S/C17H19NO.2ClH.Ti/c1-13(2)11-14-7-6-8-15(17(14)19)12-18-16-9-4-3-5-10-16;;;/h3-10,12-13,19H,11H2,1-2H3;2*1H;/q;;;+2/p-2. The average molecular weight is 372 g/mol. The van der Waals surface area contributed by atoms with E-state index in [1.807, 2.05) is 48.5 Å². The molecular formula is C17H19Cl2NOTi. The van der Waals surface area contributed by atoms with Crippen LogP contribution in [0.25, 0.3) is 0 Å². The predicted octanol–water partition coefficient (Wildman–Crippen LogP) is 5.72. The third-order valence-corrected chi connectivity index (χ3v) is 2.89. The number of hydrogen-bond acceptors (Lipinski definition) is 2. The summed E-state index contributed by atoms with van der Waals surface area (Å²) in [6.45, 7) is 4.29. The Bertz CT molecular complexity index is 588. The van der Waals surface area contributed by atoms with Crippen molar-refractivity contribution < 1.29 is 22.1 Å². The van der Waals surface area contributed by atoms with Crippen molar-refractivity contribution in [1.82, 2.24) is 0 Å². The number of phenolic OH excluding ortho intramolecular Hbond substituents is 1. The van der Waals surface area contributed by atoms with Crippen LogP contribution < -0.4 is 0 Å². The first-order valence-corrected chi connectivity index (χ1v) is 11.2. The molecule has 0 heterocycles. The van der Waals surface area contributed by atoms with Crippen molar-refractivity contribution in [3.05, 3.63) is 59.7 Å². The molecule has 116 valence electrons. The number of aliphatic imine (C=N–C) groups is 1. The van der Waals surface area contributed by atoms with E-state index in [4.69, 9.17) is 18.6 Å². The molecule has 0 aromatic heterocycles. The number of halogens is 2. The van der Waals surface area contributed by atoms with Crippen LogP contribution in [0.2, 0.25) is 0 Å². The molecule has 2 nitrogen and oxygen atoms in total. The summed E-state index contributed by atoms with van der Waals surface area (Å²) in [5.41, 5.74) is 2.63. The van der Waals surface area contributed by atoms with Crippen molar-refractivity contribution in [1.29, 1.82) is 0 Å². The Kier molecular flexibility index (Phi) is 9.50. The van der Waals surface area contributed by atoms with Crippen LogP contribution in [0.15, 0.2) is 53.5 Å². The third kappa shape index (κ3) is 6.98. The molecule has 0 fully saturated rings. The van der Waals surface area contributed by atoms with Gasteiger partial charge in [0.25, 0.3) is 0 Å². The van der Waals surface area contributed by atoms with Crippen molar-refractivity contribution in [3.8, 4) is 5.75 Å². The predicted molar refractivity (Wildman–Crippen MR) is 92.1 cm³/mol. The van der Waals surface area contributed by atoms with E-state index in [9.17, 15) is 5.11 Å². The van der Waals surface area contributed by atoms with Crippen molar-refractivity contribution in [2.45, 2.75) is 20.3 Å². The van der Waals surface area contributed by atoms with Gasteiger partial charge >= 0.3 is 35.6 Å².